The number of rotatable bonds is 5. The number of nitrogens with zero attached hydrogens (tertiary/aromatic N) is 5. The number of benzene rings is 2. The van der Waals surface area contributed by atoms with Crippen molar-refractivity contribution in [3.8, 4) is 5.69 Å². The fraction of sp³-hybridized carbons (Fsp3) is 0.0556. The maximum atomic E-state index is 12.2. The van der Waals surface area contributed by atoms with Gasteiger partial charge in [0.15, 0.2) is 11.2 Å². The van der Waals surface area contributed by atoms with Crippen LogP contribution in [0.15, 0.2) is 66.0 Å². The zero-order valence-electron chi connectivity index (χ0n) is 13.9. The molecular weight excluding hydrogens is 384 g/mol. The van der Waals surface area contributed by atoms with Gasteiger partial charge in [-0.2, -0.15) is 4.68 Å². The van der Waals surface area contributed by atoms with E-state index in [1.165, 1.54) is 18.1 Å². The quantitative estimate of drug-likeness (QED) is 0.410. The molecule has 0 bridgehead atoms. The molecule has 2 aromatic heterocycles. The largest absolute Gasteiger partial charge is 0.325 e. The lowest BCUT2D eigenvalue weighted by molar-refractivity contribution is -0.113. The molecule has 1 amide bonds. The monoisotopic (exact) mass is 396 g/mol. The van der Waals surface area contributed by atoms with Crippen molar-refractivity contribution in [2.75, 3.05) is 11.1 Å². The molecule has 0 aliphatic rings. The van der Waals surface area contributed by atoms with Gasteiger partial charge in [0, 0.05) is 10.7 Å². The molecule has 4 aromatic rings. The Morgan fingerprint density at radius 1 is 1.11 bits per heavy atom. The van der Waals surface area contributed by atoms with Crippen molar-refractivity contribution in [1.29, 1.82) is 0 Å². The zero-order chi connectivity index (χ0) is 18.6. The Morgan fingerprint density at radius 2 is 1.96 bits per heavy atom. The molecule has 0 unspecified atom stereocenters. The van der Waals surface area contributed by atoms with E-state index in [1.54, 1.807) is 16.8 Å². The second-order valence-corrected chi connectivity index (χ2v) is 6.94. The van der Waals surface area contributed by atoms with E-state index in [2.05, 4.69) is 25.6 Å². The Kier molecular flexibility index (Phi) is 4.99. The summed E-state index contributed by atoms with van der Waals surface area (Å²) in [6, 6.07) is 16.5. The maximum Gasteiger partial charge on any atom is 0.234 e. The van der Waals surface area contributed by atoms with Gasteiger partial charge in [0.05, 0.1) is 11.4 Å². The van der Waals surface area contributed by atoms with Crippen molar-refractivity contribution in [2.24, 2.45) is 0 Å². The van der Waals surface area contributed by atoms with E-state index >= 15 is 0 Å². The molecule has 4 rings (SSSR count). The van der Waals surface area contributed by atoms with Gasteiger partial charge in [0.1, 0.15) is 11.4 Å². The smallest absolute Gasteiger partial charge is 0.234 e. The van der Waals surface area contributed by atoms with Crippen LogP contribution in [-0.2, 0) is 4.79 Å². The first-order valence-corrected chi connectivity index (χ1v) is 9.37. The molecule has 0 aliphatic carbocycles. The van der Waals surface area contributed by atoms with Gasteiger partial charge in [-0.1, -0.05) is 52.8 Å². The van der Waals surface area contributed by atoms with Gasteiger partial charge >= 0.3 is 0 Å². The highest BCUT2D eigenvalue weighted by Gasteiger charge is 2.15. The summed E-state index contributed by atoms with van der Waals surface area (Å²) in [7, 11) is 0. The second-order valence-electron chi connectivity index (χ2n) is 5.54. The topological polar surface area (TPSA) is 85.6 Å². The Hall–Kier alpha value is -2.97. The first kappa shape index (κ1) is 17.4. The Bertz CT molecular complexity index is 1100. The SMILES string of the molecule is O=C(CSc1ncnc2c1nnn2-c1cccc(Cl)c1)Nc1ccccc1. The minimum atomic E-state index is -0.125. The first-order valence-electron chi connectivity index (χ1n) is 8.01. The van der Waals surface area contributed by atoms with Crippen LogP contribution in [0.4, 0.5) is 5.69 Å². The van der Waals surface area contributed by atoms with Crippen LogP contribution in [0.25, 0.3) is 16.9 Å². The van der Waals surface area contributed by atoms with E-state index in [4.69, 9.17) is 11.6 Å². The normalized spacial score (nSPS) is 10.9. The Morgan fingerprint density at radius 3 is 2.78 bits per heavy atom. The number of hydrogen-bond acceptors (Lipinski definition) is 6. The Balaban J connectivity index is 1.54. The number of anilines is 1. The standard InChI is InChI=1S/C18H13ClN6OS/c19-12-5-4-8-14(9-12)25-17-16(23-24-25)18(21-11-20-17)27-10-15(26)22-13-6-2-1-3-7-13/h1-9,11H,10H2,(H,22,26). The second kappa shape index (κ2) is 7.73. The molecule has 0 saturated heterocycles. The molecule has 0 atom stereocenters. The van der Waals surface area contributed by atoms with Gasteiger partial charge in [-0.15, -0.1) is 5.10 Å². The number of aromatic nitrogens is 5. The van der Waals surface area contributed by atoms with E-state index in [1.807, 2.05) is 42.5 Å². The molecule has 27 heavy (non-hydrogen) atoms. The van der Waals surface area contributed by atoms with Crippen molar-refractivity contribution in [2.45, 2.75) is 5.03 Å². The van der Waals surface area contributed by atoms with Gasteiger partial charge in [-0.05, 0) is 30.3 Å². The lowest BCUT2D eigenvalue weighted by Gasteiger charge is -2.05. The van der Waals surface area contributed by atoms with Crippen molar-refractivity contribution < 1.29 is 4.79 Å². The van der Waals surface area contributed by atoms with Crippen LogP contribution in [0.3, 0.4) is 0 Å². The van der Waals surface area contributed by atoms with E-state index < -0.39 is 0 Å². The number of thioether (sulfide) groups is 1. The van der Waals surface area contributed by atoms with Crippen LogP contribution < -0.4 is 5.32 Å². The van der Waals surface area contributed by atoms with Crippen molar-refractivity contribution in [3.05, 3.63) is 65.9 Å². The third kappa shape index (κ3) is 3.91. The average Bonchev–Trinajstić information content (AvgIpc) is 3.12. The van der Waals surface area contributed by atoms with Crippen LogP contribution in [0.1, 0.15) is 0 Å². The van der Waals surface area contributed by atoms with E-state index in [0.29, 0.717) is 21.2 Å². The van der Waals surface area contributed by atoms with Gasteiger partial charge < -0.3 is 5.32 Å². The number of hydrogen-bond donors (Lipinski definition) is 1. The molecule has 0 spiro atoms. The fourth-order valence-corrected chi connectivity index (χ4v) is 3.38. The Labute approximate surface area is 163 Å². The van der Waals surface area contributed by atoms with Gasteiger partial charge in [0.2, 0.25) is 5.91 Å². The fourth-order valence-electron chi connectivity index (χ4n) is 2.47. The summed E-state index contributed by atoms with van der Waals surface area (Å²) in [5.41, 5.74) is 2.59. The van der Waals surface area contributed by atoms with Crippen molar-refractivity contribution in [3.63, 3.8) is 0 Å². The summed E-state index contributed by atoms with van der Waals surface area (Å²) in [6.07, 6.45) is 1.43. The lowest BCUT2D eigenvalue weighted by Crippen LogP contribution is -2.14. The third-order valence-corrected chi connectivity index (χ3v) is 4.87. The molecule has 0 fully saturated rings. The summed E-state index contributed by atoms with van der Waals surface area (Å²) in [6.45, 7) is 0. The van der Waals surface area contributed by atoms with Gasteiger partial charge in [-0.25, -0.2) is 9.97 Å². The van der Waals surface area contributed by atoms with E-state index in [9.17, 15) is 4.79 Å². The van der Waals surface area contributed by atoms with Crippen LogP contribution >= 0.6 is 23.4 Å². The number of amides is 1. The number of fused-ring (bicyclic) bond motifs is 1. The third-order valence-electron chi connectivity index (χ3n) is 3.65. The van der Waals surface area contributed by atoms with Gasteiger partial charge in [0.25, 0.3) is 0 Å². The van der Waals surface area contributed by atoms with Crippen LogP contribution in [0, 0.1) is 0 Å². The van der Waals surface area contributed by atoms with Crippen LogP contribution in [-0.4, -0.2) is 36.6 Å². The van der Waals surface area contributed by atoms with Crippen LogP contribution in [0.5, 0.6) is 0 Å². The minimum absolute atomic E-state index is 0.125. The number of halogens is 1. The van der Waals surface area contributed by atoms with E-state index in [-0.39, 0.29) is 11.7 Å². The van der Waals surface area contributed by atoms with E-state index in [0.717, 1.165) is 11.4 Å². The number of para-hydroxylation sites is 1. The average molecular weight is 397 g/mol. The molecule has 0 aliphatic heterocycles. The molecule has 2 heterocycles. The molecule has 0 saturated carbocycles. The molecular formula is C18H13ClN6OS. The molecule has 9 heteroatoms. The highest BCUT2D eigenvalue weighted by Crippen LogP contribution is 2.24. The first-order chi connectivity index (χ1) is 13.2. The minimum Gasteiger partial charge on any atom is -0.325 e. The number of carbonyl (C=O) groups is 1. The number of carbonyl (C=O) groups excluding carboxylic acids is 1. The van der Waals surface area contributed by atoms with Gasteiger partial charge in [-0.3, -0.25) is 4.79 Å². The molecule has 1 N–H and O–H groups in total. The summed E-state index contributed by atoms with van der Waals surface area (Å²) >= 11 is 7.34. The van der Waals surface area contributed by atoms with Crippen molar-refractivity contribution >= 4 is 46.1 Å². The maximum absolute atomic E-state index is 12.2. The molecule has 2 aromatic carbocycles. The number of nitrogens with one attached hydrogen (secondary N) is 1. The van der Waals surface area contributed by atoms with Crippen LogP contribution in [0.2, 0.25) is 5.02 Å². The summed E-state index contributed by atoms with van der Waals surface area (Å²) in [5, 5.41) is 12.4. The summed E-state index contributed by atoms with van der Waals surface area (Å²) in [4.78, 5) is 20.7. The highest BCUT2D eigenvalue weighted by atomic mass is 35.5. The molecule has 7 nitrogen and oxygen atoms in total. The predicted octanol–water partition coefficient (Wildman–Crippen LogP) is 3.59. The predicted molar refractivity (Wildman–Crippen MR) is 105 cm³/mol. The summed E-state index contributed by atoms with van der Waals surface area (Å²) in [5.74, 6) is 0.0746. The molecule has 134 valence electrons. The van der Waals surface area contributed by atoms with Crippen molar-refractivity contribution in [1.82, 2.24) is 25.0 Å². The highest BCUT2D eigenvalue weighted by molar-refractivity contribution is 8.00. The molecule has 0 radical (unpaired) electrons. The summed E-state index contributed by atoms with van der Waals surface area (Å²) < 4.78 is 1.59. The lowest BCUT2D eigenvalue weighted by atomic mass is 10.3. The zero-order valence-corrected chi connectivity index (χ0v) is 15.5.